The Hall–Kier alpha value is -0.580. The zero-order chi connectivity index (χ0) is 14.0. The Bertz CT molecular complexity index is 433. The number of likely N-dealkylation sites (N-methyl/N-ethyl adjacent to an activating group) is 1. The zero-order valence-electron chi connectivity index (χ0n) is 12.5. The highest BCUT2D eigenvalue weighted by Gasteiger charge is 2.35. The van der Waals surface area contributed by atoms with Crippen molar-refractivity contribution in [3.63, 3.8) is 0 Å². The van der Waals surface area contributed by atoms with Crippen molar-refractivity contribution < 1.29 is 0 Å². The molecule has 0 aliphatic heterocycles. The maximum Gasteiger partial charge on any atom is 0.131 e. The lowest BCUT2D eigenvalue weighted by Gasteiger charge is -2.36. The second-order valence-electron chi connectivity index (χ2n) is 5.91. The molecule has 1 saturated carbocycles. The van der Waals surface area contributed by atoms with Gasteiger partial charge in [0.1, 0.15) is 5.15 Å². The first-order chi connectivity index (χ1) is 8.96. The molecule has 0 spiro atoms. The van der Waals surface area contributed by atoms with Crippen molar-refractivity contribution in [2.75, 3.05) is 20.6 Å². The minimum atomic E-state index is 0.322. The van der Waals surface area contributed by atoms with Crippen molar-refractivity contribution in [2.24, 2.45) is 7.05 Å². The minimum absolute atomic E-state index is 0.322. The summed E-state index contributed by atoms with van der Waals surface area (Å²) in [6.07, 6.45) is 5.25. The number of aryl methyl sites for hydroxylation is 2. The van der Waals surface area contributed by atoms with Crippen LogP contribution < -0.4 is 5.32 Å². The van der Waals surface area contributed by atoms with E-state index in [0.29, 0.717) is 5.54 Å². The molecule has 1 N–H and O–H groups in total. The second-order valence-corrected chi connectivity index (χ2v) is 6.27. The average molecular weight is 285 g/mol. The number of halogens is 1. The van der Waals surface area contributed by atoms with Crippen molar-refractivity contribution in [3.8, 4) is 0 Å². The number of hydrogen-bond acceptors (Lipinski definition) is 3. The minimum Gasteiger partial charge on any atom is -0.311 e. The van der Waals surface area contributed by atoms with Crippen molar-refractivity contribution in [1.82, 2.24) is 20.0 Å². The highest BCUT2D eigenvalue weighted by molar-refractivity contribution is 6.30. The Balaban J connectivity index is 1.96. The lowest BCUT2D eigenvalue weighted by molar-refractivity contribution is 0.153. The third-order valence-corrected chi connectivity index (χ3v) is 4.98. The normalized spacial score (nSPS) is 18.4. The van der Waals surface area contributed by atoms with Crippen LogP contribution in [0, 0.1) is 6.92 Å². The van der Waals surface area contributed by atoms with E-state index in [1.807, 2.05) is 14.0 Å². The van der Waals surface area contributed by atoms with Gasteiger partial charge in [-0.25, -0.2) is 0 Å². The van der Waals surface area contributed by atoms with Crippen molar-refractivity contribution in [1.29, 1.82) is 0 Å². The van der Waals surface area contributed by atoms with Crippen LogP contribution in [-0.2, 0) is 13.6 Å². The molecule has 2 rings (SSSR count). The quantitative estimate of drug-likeness (QED) is 0.901. The van der Waals surface area contributed by atoms with Gasteiger partial charge in [-0.1, -0.05) is 24.4 Å². The first kappa shape index (κ1) is 14.8. The molecule has 4 nitrogen and oxygen atoms in total. The van der Waals surface area contributed by atoms with Crippen LogP contribution in [0.4, 0.5) is 0 Å². The van der Waals surface area contributed by atoms with Crippen LogP contribution in [0.1, 0.15) is 36.9 Å². The topological polar surface area (TPSA) is 33.1 Å². The van der Waals surface area contributed by atoms with Crippen LogP contribution in [0.5, 0.6) is 0 Å². The molecular weight excluding hydrogens is 260 g/mol. The van der Waals surface area contributed by atoms with E-state index in [-0.39, 0.29) is 0 Å². The molecule has 1 fully saturated rings. The monoisotopic (exact) mass is 284 g/mol. The summed E-state index contributed by atoms with van der Waals surface area (Å²) in [5.74, 6) is 0. The smallest absolute Gasteiger partial charge is 0.131 e. The van der Waals surface area contributed by atoms with Crippen molar-refractivity contribution in [2.45, 2.75) is 44.7 Å². The summed E-state index contributed by atoms with van der Waals surface area (Å²) < 4.78 is 1.74. The molecule has 0 unspecified atom stereocenters. The molecule has 1 aromatic heterocycles. The van der Waals surface area contributed by atoms with Gasteiger partial charge in [0.25, 0.3) is 0 Å². The maximum atomic E-state index is 6.26. The molecule has 1 aliphatic rings. The van der Waals surface area contributed by atoms with Gasteiger partial charge in [0, 0.05) is 31.2 Å². The van der Waals surface area contributed by atoms with Gasteiger partial charge < -0.3 is 10.2 Å². The molecular formula is C14H25ClN4. The summed E-state index contributed by atoms with van der Waals surface area (Å²) in [4.78, 5) is 2.38. The Labute approximate surface area is 121 Å². The Morgan fingerprint density at radius 1 is 1.37 bits per heavy atom. The molecule has 19 heavy (non-hydrogen) atoms. The van der Waals surface area contributed by atoms with Crippen molar-refractivity contribution in [3.05, 3.63) is 16.4 Å². The third-order valence-electron chi connectivity index (χ3n) is 4.51. The highest BCUT2D eigenvalue weighted by atomic mass is 35.5. The van der Waals surface area contributed by atoms with Gasteiger partial charge in [0.2, 0.25) is 0 Å². The highest BCUT2D eigenvalue weighted by Crippen LogP contribution is 2.33. The van der Waals surface area contributed by atoms with E-state index >= 15 is 0 Å². The molecule has 5 heteroatoms. The second kappa shape index (κ2) is 5.81. The molecule has 1 heterocycles. The zero-order valence-corrected chi connectivity index (χ0v) is 13.2. The fourth-order valence-electron chi connectivity index (χ4n) is 3.11. The number of aromatic nitrogens is 2. The van der Waals surface area contributed by atoms with E-state index in [1.54, 1.807) is 4.68 Å². The standard InChI is InChI=1S/C14H25ClN4/c1-11-12(13(15)19(4)17-11)9-16-10-14(18(2)3)7-5-6-8-14/h16H,5-10H2,1-4H3. The summed E-state index contributed by atoms with van der Waals surface area (Å²) >= 11 is 6.26. The van der Waals surface area contributed by atoms with Crippen LogP contribution in [0.25, 0.3) is 0 Å². The predicted octanol–water partition coefficient (Wildman–Crippen LogP) is 2.35. The number of rotatable bonds is 5. The van der Waals surface area contributed by atoms with Crippen LogP contribution in [-0.4, -0.2) is 40.9 Å². The predicted molar refractivity (Wildman–Crippen MR) is 79.5 cm³/mol. The van der Waals surface area contributed by atoms with E-state index in [0.717, 1.165) is 29.5 Å². The first-order valence-electron chi connectivity index (χ1n) is 7.02. The molecule has 0 amide bonds. The van der Waals surface area contributed by atoms with Crippen LogP contribution >= 0.6 is 11.6 Å². The van der Waals surface area contributed by atoms with Gasteiger partial charge in [-0.3, -0.25) is 4.68 Å². The third kappa shape index (κ3) is 2.96. The molecule has 108 valence electrons. The van der Waals surface area contributed by atoms with Crippen LogP contribution in [0.2, 0.25) is 5.15 Å². The molecule has 1 aromatic rings. The van der Waals surface area contributed by atoms with Gasteiger partial charge in [0.15, 0.2) is 0 Å². The van der Waals surface area contributed by atoms with Gasteiger partial charge in [-0.15, -0.1) is 0 Å². The van der Waals surface area contributed by atoms with Crippen LogP contribution in [0.3, 0.4) is 0 Å². The van der Waals surface area contributed by atoms with Gasteiger partial charge in [-0.05, 0) is 33.9 Å². The molecule has 0 saturated heterocycles. The SMILES string of the molecule is Cc1nn(C)c(Cl)c1CNCC1(N(C)C)CCCC1. The van der Waals surface area contributed by atoms with Gasteiger partial charge in [-0.2, -0.15) is 5.10 Å². The van der Waals surface area contributed by atoms with E-state index in [2.05, 4.69) is 29.4 Å². The summed E-state index contributed by atoms with van der Waals surface area (Å²) in [5.41, 5.74) is 2.46. The Morgan fingerprint density at radius 2 is 2.00 bits per heavy atom. The molecule has 0 bridgehead atoms. The summed E-state index contributed by atoms with van der Waals surface area (Å²) in [7, 11) is 6.27. The van der Waals surface area contributed by atoms with Crippen LogP contribution in [0.15, 0.2) is 0 Å². The maximum absolute atomic E-state index is 6.26. The molecule has 0 aromatic carbocycles. The van der Waals surface area contributed by atoms with E-state index in [4.69, 9.17) is 11.6 Å². The molecule has 0 atom stereocenters. The van der Waals surface area contributed by atoms with Gasteiger partial charge >= 0.3 is 0 Å². The molecule has 1 aliphatic carbocycles. The fraction of sp³-hybridized carbons (Fsp3) is 0.786. The number of nitrogens with one attached hydrogen (secondary N) is 1. The van der Waals surface area contributed by atoms with E-state index < -0.39 is 0 Å². The fourth-order valence-corrected chi connectivity index (χ4v) is 3.35. The lowest BCUT2D eigenvalue weighted by Crippen LogP contribution is -2.49. The number of hydrogen-bond donors (Lipinski definition) is 1. The summed E-state index contributed by atoms with van der Waals surface area (Å²) in [6, 6.07) is 0. The Morgan fingerprint density at radius 3 is 2.47 bits per heavy atom. The van der Waals surface area contributed by atoms with Crippen molar-refractivity contribution >= 4 is 11.6 Å². The largest absolute Gasteiger partial charge is 0.311 e. The summed E-state index contributed by atoms with van der Waals surface area (Å²) in [6.45, 7) is 3.83. The average Bonchev–Trinajstić information content (AvgIpc) is 2.91. The summed E-state index contributed by atoms with van der Waals surface area (Å²) in [5, 5.41) is 8.67. The van der Waals surface area contributed by atoms with E-state index in [1.165, 1.54) is 25.7 Å². The molecule has 0 radical (unpaired) electrons. The van der Waals surface area contributed by atoms with E-state index in [9.17, 15) is 0 Å². The Kier molecular flexibility index (Phi) is 4.54. The first-order valence-corrected chi connectivity index (χ1v) is 7.40. The number of nitrogens with zero attached hydrogens (tertiary/aromatic N) is 3. The lowest BCUT2D eigenvalue weighted by atomic mass is 9.96. The van der Waals surface area contributed by atoms with Gasteiger partial charge in [0.05, 0.1) is 5.69 Å².